The molecule has 1 amide bonds. The van der Waals surface area contributed by atoms with Gasteiger partial charge < -0.3 is 9.80 Å². The van der Waals surface area contributed by atoms with Gasteiger partial charge in [-0.1, -0.05) is 34.5 Å². The number of amides is 1. The number of nitrogens with zero attached hydrogens (tertiary/aromatic N) is 4. The Morgan fingerprint density at radius 1 is 1.29 bits per heavy atom. The highest BCUT2D eigenvalue weighted by molar-refractivity contribution is 7.07. The lowest BCUT2D eigenvalue weighted by Crippen LogP contribution is -2.50. The van der Waals surface area contributed by atoms with E-state index >= 15 is 0 Å². The van der Waals surface area contributed by atoms with Gasteiger partial charge >= 0.3 is 4.87 Å². The number of aryl methyl sites for hydroxylation is 1. The number of anilines is 1. The van der Waals surface area contributed by atoms with Crippen molar-refractivity contribution in [1.82, 2.24) is 14.5 Å². The number of hydrogen-bond donors (Lipinski definition) is 0. The van der Waals surface area contributed by atoms with Crippen molar-refractivity contribution in [2.24, 2.45) is 0 Å². The molecule has 9 heteroatoms. The predicted molar refractivity (Wildman–Crippen MR) is 96.4 cm³/mol. The van der Waals surface area contributed by atoms with Crippen LogP contribution >= 0.6 is 34.5 Å². The number of carbonyl (C=O) groups is 1. The average molecular weight is 387 g/mol. The van der Waals surface area contributed by atoms with Gasteiger partial charge in [-0.2, -0.15) is 0 Å². The van der Waals surface area contributed by atoms with Crippen LogP contribution in [0.2, 0.25) is 10.0 Å². The van der Waals surface area contributed by atoms with E-state index in [2.05, 4.69) is 4.98 Å². The van der Waals surface area contributed by atoms with Crippen LogP contribution in [0.4, 0.5) is 5.82 Å². The molecule has 0 radical (unpaired) electrons. The summed E-state index contributed by atoms with van der Waals surface area (Å²) in [5.74, 6) is 0.631. The van der Waals surface area contributed by atoms with Gasteiger partial charge in [-0.15, -0.1) is 0 Å². The van der Waals surface area contributed by atoms with Gasteiger partial charge in [0, 0.05) is 43.4 Å². The second-order valence-corrected chi connectivity index (χ2v) is 7.22. The second-order valence-electron chi connectivity index (χ2n) is 5.56. The largest absolute Gasteiger partial charge is 0.352 e. The molecule has 0 atom stereocenters. The number of piperazine rings is 1. The summed E-state index contributed by atoms with van der Waals surface area (Å²) in [7, 11) is 0. The van der Waals surface area contributed by atoms with Crippen LogP contribution in [0.5, 0.6) is 0 Å². The van der Waals surface area contributed by atoms with Crippen molar-refractivity contribution in [2.75, 3.05) is 31.1 Å². The summed E-state index contributed by atoms with van der Waals surface area (Å²) >= 11 is 13.2. The molecule has 128 valence electrons. The van der Waals surface area contributed by atoms with Gasteiger partial charge in [0.1, 0.15) is 12.4 Å². The van der Waals surface area contributed by atoms with Crippen LogP contribution in [-0.2, 0) is 11.3 Å². The first-order valence-electron chi connectivity index (χ1n) is 7.44. The SMILES string of the molecule is Cc1csc(=O)n1CC(=O)N1CCN(c2ncc(Cl)cc2Cl)CC1. The van der Waals surface area contributed by atoms with Crippen LogP contribution in [0.15, 0.2) is 22.4 Å². The van der Waals surface area contributed by atoms with Crippen LogP contribution in [0.25, 0.3) is 0 Å². The fourth-order valence-electron chi connectivity index (χ4n) is 2.64. The molecule has 0 N–H and O–H groups in total. The van der Waals surface area contributed by atoms with Crippen molar-refractivity contribution in [3.05, 3.63) is 43.0 Å². The normalized spacial score (nSPS) is 15.0. The number of pyridine rings is 1. The van der Waals surface area contributed by atoms with E-state index in [0.29, 0.717) is 42.0 Å². The molecule has 0 unspecified atom stereocenters. The number of halogens is 2. The molecule has 1 fully saturated rings. The zero-order valence-corrected chi connectivity index (χ0v) is 15.4. The first-order valence-corrected chi connectivity index (χ1v) is 9.08. The van der Waals surface area contributed by atoms with E-state index in [4.69, 9.17) is 23.2 Å². The standard InChI is InChI=1S/C15H16Cl2N4O2S/c1-10-9-24-15(23)21(10)8-13(22)19-2-4-20(5-3-19)14-12(17)6-11(16)7-18-14/h6-7,9H,2-5,8H2,1H3. The van der Waals surface area contributed by atoms with E-state index in [0.717, 1.165) is 17.0 Å². The number of hydrogen-bond acceptors (Lipinski definition) is 5. The molecule has 0 bridgehead atoms. The highest BCUT2D eigenvalue weighted by atomic mass is 35.5. The maximum absolute atomic E-state index is 12.4. The van der Waals surface area contributed by atoms with Gasteiger partial charge in [-0.05, 0) is 13.0 Å². The summed E-state index contributed by atoms with van der Waals surface area (Å²) in [6, 6.07) is 1.66. The van der Waals surface area contributed by atoms with Crippen molar-refractivity contribution in [2.45, 2.75) is 13.5 Å². The molecule has 0 aliphatic carbocycles. The highest BCUT2D eigenvalue weighted by Gasteiger charge is 2.24. The van der Waals surface area contributed by atoms with Crippen molar-refractivity contribution < 1.29 is 4.79 Å². The Labute approximate surface area is 153 Å². The summed E-state index contributed by atoms with van der Waals surface area (Å²) in [5, 5.41) is 2.76. The lowest BCUT2D eigenvalue weighted by atomic mass is 10.3. The Balaban J connectivity index is 1.62. The molecule has 1 aliphatic rings. The molecule has 24 heavy (non-hydrogen) atoms. The van der Waals surface area contributed by atoms with Gasteiger partial charge in [-0.3, -0.25) is 14.2 Å². The molecule has 2 aromatic rings. The van der Waals surface area contributed by atoms with Crippen LogP contribution in [0, 0.1) is 6.92 Å². The van der Waals surface area contributed by atoms with Crippen molar-refractivity contribution in [3.8, 4) is 0 Å². The molecule has 3 heterocycles. The summed E-state index contributed by atoms with van der Waals surface area (Å²) in [4.78, 5) is 32.1. The first kappa shape index (κ1) is 17.3. The molecular weight excluding hydrogens is 371 g/mol. The van der Waals surface area contributed by atoms with Crippen molar-refractivity contribution in [3.63, 3.8) is 0 Å². The molecule has 3 rings (SSSR count). The van der Waals surface area contributed by atoms with Gasteiger partial charge in [0.15, 0.2) is 0 Å². The summed E-state index contributed by atoms with van der Waals surface area (Å²) in [5.41, 5.74) is 0.814. The third-order valence-electron chi connectivity index (χ3n) is 3.99. The fraction of sp³-hybridized carbons (Fsp3) is 0.400. The van der Waals surface area contributed by atoms with E-state index in [1.165, 1.54) is 4.57 Å². The minimum absolute atomic E-state index is 0.0478. The van der Waals surface area contributed by atoms with Crippen LogP contribution in [-0.4, -0.2) is 46.5 Å². The zero-order valence-electron chi connectivity index (χ0n) is 13.0. The van der Waals surface area contributed by atoms with E-state index in [9.17, 15) is 9.59 Å². The zero-order chi connectivity index (χ0) is 17.3. The number of thiazole rings is 1. The molecule has 0 spiro atoms. The van der Waals surface area contributed by atoms with Crippen molar-refractivity contribution in [1.29, 1.82) is 0 Å². The van der Waals surface area contributed by atoms with Gasteiger partial charge in [0.05, 0.1) is 10.0 Å². The third-order valence-corrected chi connectivity index (χ3v) is 5.36. The lowest BCUT2D eigenvalue weighted by molar-refractivity contribution is -0.132. The molecule has 6 nitrogen and oxygen atoms in total. The molecule has 1 saturated heterocycles. The topological polar surface area (TPSA) is 58.4 Å². The van der Waals surface area contributed by atoms with E-state index in [1.54, 1.807) is 22.5 Å². The fourth-order valence-corrected chi connectivity index (χ4v) is 3.87. The van der Waals surface area contributed by atoms with Crippen LogP contribution < -0.4 is 9.77 Å². The van der Waals surface area contributed by atoms with Gasteiger partial charge in [0.25, 0.3) is 0 Å². The minimum Gasteiger partial charge on any atom is -0.352 e. The number of rotatable bonds is 3. The van der Waals surface area contributed by atoms with E-state index in [-0.39, 0.29) is 17.3 Å². The summed E-state index contributed by atoms with van der Waals surface area (Å²) in [6.45, 7) is 4.33. The Morgan fingerprint density at radius 3 is 2.58 bits per heavy atom. The second kappa shape index (κ2) is 7.13. The van der Waals surface area contributed by atoms with E-state index in [1.807, 2.05) is 11.8 Å². The highest BCUT2D eigenvalue weighted by Crippen LogP contribution is 2.26. The lowest BCUT2D eigenvalue weighted by Gasteiger charge is -2.35. The smallest absolute Gasteiger partial charge is 0.307 e. The Kier molecular flexibility index (Phi) is 5.12. The Bertz CT molecular complexity index is 812. The number of aromatic nitrogens is 2. The summed E-state index contributed by atoms with van der Waals surface area (Å²) in [6.07, 6.45) is 1.56. The maximum atomic E-state index is 12.4. The quantitative estimate of drug-likeness (QED) is 0.811. The summed E-state index contributed by atoms with van der Waals surface area (Å²) < 4.78 is 1.51. The average Bonchev–Trinajstić information content (AvgIpc) is 2.87. The Hall–Kier alpha value is -1.57. The molecule has 1 aliphatic heterocycles. The van der Waals surface area contributed by atoms with Gasteiger partial charge in [-0.25, -0.2) is 4.98 Å². The molecular formula is C15H16Cl2N4O2S. The van der Waals surface area contributed by atoms with E-state index < -0.39 is 0 Å². The minimum atomic E-state index is -0.100. The maximum Gasteiger partial charge on any atom is 0.307 e. The molecule has 0 aromatic carbocycles. The van der Waals surface area contributed by atoms with Gasteiger partial charge in [0.2, 0.25) is 5.91 Å². The Morgan fingerprint density at radius 2 is 2.00 bits per heavy atom. The number of carbonyl (C=O) groups excluding carboxylic acids is 1. The molecule has 2 aromatic heterocycles. The predicted octanol–water partition coefficient (Wildman–Crippen LogP) is 2.27. The first-order chi connectivity index (χ1) is 11.5. The monoisotopic (exact) mass is 386 g/mol. The van der Waals surface area contributed by atoms with Crippen LogP contribution in [0.1, 0.15) is 5.69 Å². The van der Waals surface area contributed by atoms with Crippen LogP contribution in [0.3, 0.4) is 0 Å². The van der Waals surface area contributed by atoms with Crippen molar-refractivity contribution >= 4 is 46.3 Å². The third kappa shape index (κ3) is 3.58. The molecule has 0 saturated carbocycles.